The number of hydrogen-bond acceptors (Lipinski definition) is 4. The summed E-state index contributed by atoms with van der Waals surface area (Å²) in [7, 11) is 0. The molecule has 1 saturated carbocycles. The van der Waals surface area contributed by atoms with Crippen LogP contribution in [0.15, 0.2) is 6.07 Å². The van der Waals surface area contributed by atoms with Crippen LogP contribution in [0.1, 0.15) is 48.8 Å². The molecule has 1 aromatic heterocycles. The Balaban J connectivity index is 2.01. The van der Waals surface area contributed by atoms with Gasteiger partial charge in [0.25, 0.3) is 5.91 Å². The van der Waals surface area contributed by atoms with Crippen molar-refractivity contribution in [1.82, 2.24) is 15.3 Å². The minimum Gasteiger partial charge on any atom is -0.351 e. The summed E-state index contributed by atoms with van der Waals surface area (Å²) in [6.45, 7) is 4.67. The third kappa shape index (κ3) is 3.68. The number of anilines is 1. The Morgan fingerprint density at radius 3 is 2.89 bits per heavy atom. The van der Waals surface area contributed by atoms with E-state index in [1.54, 1.807) is 6.07 Å². The Labute approximate surface area is 107 Å². The molecule has 1 amide bonds. The van der Waals surface area contributed by atoms with Crippen LogP contribution in [-0.4, -0.2) is 28.5 Å². The molecule has 0 saturated heterocycles. The molecule has 0 aliphatic heterocycles. The van der Waals surface area contributed by atoms with Gasteiger partial charge >= 0.3 is 0 Å². The summed E-state index contributed by atoms with van der Waals surface area (Å²) in [5.74, 6) is 0.450. The molecule has 1 aromatic rings. The van der Waals surface area contributed by atoms with Crippen molar-refractivity contribution in [1.29, 1.82) is 0 Å². The van der Waals surface area contributed by atoms with E-state index in [-0.39, 0.29) is 5.91 Å². The number of rotatable bonds is 6. The van der Waals surface area contributed by atoms with Crippen LogP contribution in [0.4, 0.5) is 5.95 Å². The maximum atomic E-state index is 11.9. The molecule has 98 valence electrons. The van der Waals surface area contributed by atoms with Gasteiger partial charge in [0.1, 0.15) is 5.69 Å². The van der Waals surface area contributed by atoms with Gasteiger partial charge in [0.15, 0.2) is 0 Å². The molecule has 18 heavy (non-hydrogen) atoms. The number of aryl methyl sites for hydroxylation is 1. The molecule has 2 rings (SSSR count). The average molecular weight is 248 g/mol. The maximum Gasteiger partial charge on any atom is 0.270 e. The molecule has 0 spiro atoms. The van der Waals surface area contributed by atoms with Crippen LogP contribution < -0.4 is 10.6 Å². The molecule has 0 radical (unpaired) electrons. The van der Waals surface area contributed by atoms with Crippen LogP contribution in [0.2, 0.25) is 0 Å². The summed E-state index contributed by atoms with van der Waals surface area (Å²) in [6.07, 6.45) is 4.38. The molecule has 5 heteroatoms. The van der Waals surface area contributed by atoms with Crippen LogP contribution in [-0.2, 0) is 0 Å². The van der Waals surface area contributed by atoms with Crippen molar-refractivity contribution in [3.8, 4) is 0 Å². The molecule has 5 nitrogen and oxygen atoms in total. The summed E-state index contributed by atoms with van der Waals surface area (Å²) in [5.41, 5.74) is 1.26. The first-order chi connectivity index (χ1) is 8.69. The lowest BCUT2D eigenvalue weighted by atomic mass is 10.3. The summed E-state index contributed by atoms with van der Waals surface area (Å²) >= 11 is 0. The predicted molar refractivity (Wildman–Crippen MR) is 70.7 cm³/mol. The van der Waals surface area contributed by atoms with E-state index in [4.69, 9.17) is 0 Å². The van der Waals surface area contributed by atoms with E-state index in [0.29, 0.717) is 24.2 Å². The Morgan fingerprint density at radius 1 is 1.44 bits per heavy atom. The second-order valence-corrected chi connectivity index (χ2v) is 4.75. The summed E-state index contributed by atoms with van der Waals surface area (Å²) in [5, 5.41) is 6.08. The number of aromatic nitrogens is 2. The fraction of sp³-hybridized carbons (Fsp3) is 0.615. The van der Waals surface area contributed by atoms with Crippen LogP contribution in [0.5, 0.6) is 0 Å². The van der Waals surface area contributed by atoms with Gasteiger partial charge in [0, 0.05) is 18.3 Å². The van der Waals surface area contributed by atoms with Crippen LogP contribution in [0, 0.1) is 6.92 Å². The fourth-order valence-electron chi connectivity index (χ4n) is 1.63. The van der Waals surface area contributed by atoms with Crippen molar-refractivity contribution >= 4 is 11.9 Å². The number of amides is 1. The van der Waals surface area contributed by atoms with Crippen molar-refractivity contribution in [3.63, 3.8) is 0 Å². The third-order valence-corrected chi connectivity index (χ3v) is 2.81. The molecule has 1 aliphatic rings. The van der Waals surface area contributed by atoms with Gasteiger partial charge in [-0.25, -0.2) is 9.97 Å². The first-order valence-electron chi connectivity index (χ1n) is 6.59. The molecule has 0 aromatic carbocycles. The molecule has 0 bridgehead atoms. The van der Waals surface area contributed by atoms with Gasteiger partial charge in [0.05, 0.1) is 0 Å². The van der Waals surface area contributed by atoms with E-state index in [9.17, 15) is 4.79 Å². The second-order valence-electron chi connectivity index (χ2n) is 4.75. The zero-order chi connectivity index (χ0) is 13.0. The lowest BCUT2D eigenvalue weighted by Crippen LogP contribution is -2.26. The van der Waals surface area contributed by atoms with Gasteiger partial charge in [-0.1, -0.05) is 13.3 Å². The standard InChI is InChI=1S/C13H20N4O/c1-3-4-7-14-12(18)11-8-9(2)15-13(17-11)16-10-5-6-10/h8,10H,3-7H2,1-2H3,(H,14,18)(H,15,16,17). The highest BCUT2D eigenvalue weighted by molar-refractivity contribution is 5.92. The Morgan fingerprint density at radius 2 is 2.22 bits per heavy atom. The Hall–Kier alpha value is -1.65. The first-order valence-corrected chi connectivity index (χ1v) is 6.59. The molecule has 0 unspecified atom stereocenters. The van der Waals surface area contributed by atoms with Crippen molar-refractivity contribution in [2.45, 2.75) is 45.6 Å². The molecule has 1 fully saturated rings. The SMILES string of the molecule is CCCCNC(=O)c1cc(C)nc(NC2CC2)n1. The van der Waals surface area contributed by atoms with Crippen LogP contribution in [0.3, 0.4) is 0 Å². The average Bonchev–Trinajstić information content (AvgIpc) is 3.12. The van der Waals surface area contributed by atoms with Crippen molar-refractivity contribution < 1.29 is 4.79 Å². The highest BCUT2D eigenvalue weighted by Gasteiger charge is 2.22. The molecule has 0 atom stereocenters. The van der Waals surface area contributed by atoms with Gasteiger partial charge in [-0.2, -0.15) is 0 Å². The molecular formula is C13H20N4O. The third-order valence-electron chi connectivity index (χ3n) is 2.81. The molecule has 2 N–H and O–H groups in total. The Bertz CT molecular complexity index is 429. The van der Waals surface area contributed by atoms with Gasteiger partial charge in [-0.3, -0.25) is 4.79 Å². The van der Waals surface area contributed by atoms with E-state index in [1.165, 1.54) is 0 Å². The number of hydrogen-bond donors (Lipinski definition) is 2. The smallest absolute Gasteiger partial charge is 0.270 e. The second kappa shape index (κ2) is 5.80. The molecular weight excluding hydrogens is 228 g/mol. The van der Waals surface area contributed by atoms with Crippen LogP contribution >= 0.6 is 0 Å². The van der Waals surface area contributed by atoms with Gasteiger partial charge in [-0.05, 0) is 32.3 Å². The van der Waals surface area contributed by atoms with E-state index in [2.05, 4.69) is 27.5 Å². The Kier molecular flexibility index (Phi) is 4.12. The number of nitrogens with one attached hydrogen (secondary N) is 2. The highest BCUT2D eigenvalue weighted by Crippen LogP contribution is 2.23. The minimum absolute atomic E-state index is 0.118. The zero-order valence-corrected chi connectivity index (χ0v) is 11.0. The minimum atomic E-state index is -0.118. The summed E-state index contributed by atoms with van der Waals surface area (Å²) in [6, 6.07) is 2.21. The fourth-order valence-corrected chi connectivity index (χ4v) is 1.63. The monoisotopic (exact) mass is 248 g/mol. The van der Waals surface area contributed by atoms with Crippen molar-refractivity contribution in [2.24, 2.45) is 0 Å². The van der Waals surface area contributed by atoms with E-state index in [0.717, 1.165) is 31.4 Å². The van der Waals surface area contributed by atoms with Gasteiger partial charge < -0.3 is 10.6 Å². The molecule has 1 aliphatic carbocycles. The lowest BCUT2D eigenvalue weighted by molar-refractivity contribution is 0.0948. The number of nitrogens with zero attached hydrogens (tertiary/aromatic N) is 2. The number of carbonyl (C=O) groups is 1. The highest BCUT2D eigenvalue weighted by atomic mass is 16.1. The van der Waals surface area contributed by atoms with E-state index in [1.807, 2.05) is 6.92 Å². The summed E-state index contributed by atoms with van der Waals surface area (Å²) < 4.78 is 0. The van der Waals surface area contributed by atoms with E-state index >= 15 is 0 Å². The van der Waals surface area contributed by atoms with Gasteiger partial charge in [0.2, 0.25) is 5.95 Å². The zero-order valence-electron chi connectivity index (χ0n) is 11.0. The van der Waals surface area contributed by atoms with Crippen molar-refractivity contribution in [2.75, 3.05) is 11.9 Å². The normalized spacial score (nSPS) is 14.3. The maximum absolute atomic E-state index is 11.9. The first kappa shape index (κ1) is 12.8. The van der Waals surface area contributed by atoms with Gasteiger partial charge in [-0.15, -0.1) is 0 Å². The number of unbranched alkanes of at least 4 members (excludes halogenated alkanes) is 1. The molecule has 1 heterocycles. The predicted octanol–water partition coefficient (Wildman–Crippen LogP) is 1.89. The quantitative estimate of drug-likeness (QED) is 0.754. The van der Waals surface area contributed by atoms with Crippen LogP contribution in [0.25, 0.3) is 0 Å². The summed E-state index contributed by atoms with van der Waals surface area (Å²) in [4.78, 5) is 20.4. The largest absolute Gasteiger partial charge is 0.351 e. The van der Waals surface area contributed by atoms with Crippen molar-refractivity contribution in [3.05, 3.63) is 17.5 Å². The topological polar surface area (TPSA) is 66.9 Å². The van der Waals surface area contributed by atoms with E-state index < -0.39 is 0 Å². The number of carbonyl (C=O) groups excluding carboxylic acids is 1. The lowest BCUT2D eigenvalue weighted by Gasteiger charge is -2.07.